The van der Waals surface area contributed by atoms with E-state index in [1.165, 1.54) is 0 Å². The van der Waals surface area contributed by atoms with E-state index in [4.69, 9.17) is 10.6 Å². The van der Waals surface area contributed by atoms with Crippen LogP contribution < -0.4 is 11.3 Å². The summed E-state index contributed by atoms with van der Waals surface area (Å²) in [6.07, 6.45) is 2.39. The quantitative estimate of drug-likeness (QED) is 0.529. The van der Waals surface area contributed by atoms with Crippen LogP contribution in [0.2, 0.25) is 0 Å². The Morgan fingerprint density at radius 3 is 2.07 bits per heavy atom. The minimum absolute atomic E-state index is 0.192. The molecule has 0 aliphatic carbocycles. The van der Waals surface area contributed by atoms with E-state index in [1.54, 1.807) is 7.11 Å². The fourth-order valence-corrected chi connectivity index (χ4v) is 1.83. The SMILES string of the molecule is COC(C(C)C)C(CCC(C)(C)C)NN. The summed E-state index contributed by atoms with van der Waals surface area (Å²) in [6, 6.07) is 0.245. The Kier molecular flexibility index (Phi) is 6.41. The summed E-state index contributed by atoms with van der Waals surface area (Å²) in [6.45, 7) is 11.1. The molecule has 2 atom stereocenters. The Labute approximate surface area is 94.7 Å². The van der Waals surface area contributed by atoms with Gasteiger partial charge in [-0.3, -0.25) is 11.3 Å². The fraction of sp³-hybridized carbons (Fsp3) is 1.00. The Hall–Kier alpha value is -0.120. The first-order valence-electron chi connectivity index (χ1n) is 5.80. The molecular weight excluding hydrogens is 188 g/mol. The molecule has 0 aromatic carbocycles. The number of ether oxygens (including phenoxy) is 1. The maximum atomic E-state index is 5.59. The second-order valence-corrected chi connectivity index (χ2v) is 5.82. The second kappa shape index (κ2) is 6.46. The van der Waals surface area contributed by atoms with Crippen LogP contribution in [-0.4, -0.2) is 19.3 Å². The van der Waals surface area contributed by atoms with Crippen molar-refractivity contribution >= 4 is 0 Å². The smallest absolute Gasteiger partial charge is 0.0760 e. The monoisotopic (exact) mass is 216 g/mol. The minimum atomic E-state index is 0.192. The molecular formula is C12H28N2O. The average Bonchev–Trinajstić information content (AvgIpc) is 2.09. The molecule has 3 N–H and O–H groups in total. The molecule has 0 aliphatic heterocycles. The number of rotatable bonds is 6. The van der Waals surface area contributed by atoms with Gasteiger partial charge in [-0.2, -0.15) is 0 Å². The first kappa shape index (κ1) is 14.9. The van der Waals surface area contributed by atoms with Gasteiger partial charge >= 0.3 is 0 Å². The Morgan fingerprint density at radius 2 is 1.80 bits per heavy atom. The van der Waals surface area contributed by atoms with Crippen LogP contribution in [0.15, 0.2) is 0 Å². The van der Waals surface area contributed by atoms with Gasteiger partial charge in [-0.25, -0.2) is 0 Å². The summed E-state index contributed by atoms with van der Waals surface area (Å²) in [7, 11) is 1.76. The number of hydrogen-bond acceptors (Lipinski definition) is 3. The first-order valence-corrected chi connectivity index (χ1v) is 5.80. The molecule has 0 bridgehead atoms. The normalized spacial score (nSPS) is 16.8. The van der Waals surface area contributed by atoms with Gasteiger partial charge in [0.05, 0.1) is 6.10 Å². The lowest BCUT2D eigenvalue weighted by atomic mass is 9.86. The van der Waals surface area contributed by atoms with Gasteiger partial charge in [0.1, 0.15) is 0 Å². The summed E-state index contributed by atoms with van der Waals surface area (Å²) >= 11 is 0. The first-order chi connectivity index (χ1) is 6.81. The van der Waals surface area contributed by atoms with E-state index < -0.39 is 0 Å². The van der Waals surface area contributed by atoms with Crippen molar-refractivity contribution in [1.29, 1.82) is 0 Å². The topological polar surface area (TPSA) is 47.3 Å². The lowest BCUT2D eigenvalue weighted by molar-refractivity contribution is 0.0276. The number of hydrogen-bond donors (Lipinski definition) is 2. The van der Waals surface area contributed by atoms with Crippen molar-refractivity contribution in [2.75, 3.05) is 7.11 Å². The number of nitrogens with two attached hydrogens (primary N) is 1. The molecule has 0 saturated heterocycles. The van der Waals surface area contributed by atoms with Gasteiger partial charge in [0.2, 0.25) is 0 Å². The molecule has 0 heterocycles. The van der Waals surface area contributed by atoms with Crippen LogP contribution in [0.5, 0.6) is 0 Å². The predicted octanol–water partition coefficient (Wildman–Crippen LogP) is 2.32. The highest BCUT2D eigenvalue weighted by Gasteiger charge is 2.24. The predicted molar refractivity (Wildman–Crippen MR) is 65.4 cm³/mol. The van der Waals surface area contributed by atoms with Crippen molar-refractivity contribution < 1.29 is 4.74 Å². The molecule has 15 heavy (non-hydrogen) atoms. The molecule has 0 amide bonds. The van der Waals surface area contributed by atoms with Crippen molar-refractivity contribution in [2.24, 2.45) is 17.2 Å². The van der Waals surface area contributed by atoms with E-state index in [0.717, 1.165) is 12.8 Å². The Morgan fingerprint density at radius 1 is 1.27 bits per heavy atom. The average molecular weight is 216 g/mol. The Bertz CT molecular complexity index is 163. The van der Waals surface area contributed by atoms with Crippen LogP contribution >= 0.6 is 0 Å². The molecule has 0 rings (SSSR count). The third-order valence-corrected chi connectivity index (χ3v) is 2.75. The van der Waals surface area contributed by atoms with Crippen LogP contribution in [0, 0.1) is 11.3 Å². The van der Waals surface area contributed by atoms with E-state index in [1.807, 2.05) is 0 Å². The summed E-state index contributed by atoms with van der Waals surface area (Å²) < 4.78 is 5.49. The molecule has 2 unspecified atom stereocenters. The highest BCUT2D eigenvalue weighted by atomic mass is 16.5. The van der Waals surface area contributed by atoms with E-state index in [-0.39, 0.29) is 12.1 Å². The zero-order chi connectivity index (χ0) is 12.1. The van der Waals surface area contributed by atoms with Gasteiger partial charge in [0.25, 0.3) is 0 Å². The van der Waals surface area contributed by atoms with Gasteiger partial charge in [0.15, 0.2) is 0 Å². The van der Waals surface area contributed by atoms with Crippen LogP contribution in [0.3, 0.4) is 0 Å². The second-order valence-electron chi connectivity index (χ2n) is 5.82. The number of hydrazine groups is 1. The fourth-order valence-electron chi connectivity index (χ4n) is 1.83. The molecule has 0 spiro atoms. The standard InChI is InChI=1S/C12H28N2O/c1-9(2)11(15-6)10(14-13)7-8-12(3,4)5/h9-11,14H,7-8,13H2,1-6H3. The van der Waals surface area contributed by atoms with Gasteiger partial charge in [0, 0.05) is 13.2 Å². The van der Waals surface area contributed by atoms with Gasteiger partial charge in [-0.05, 0) is 24.2 Å². The third kappa shape index (κ3) is 6.13. The maximum absolute atomic E-state index is 5.59. The molecule has 0 aromatic heterocycles. The summed E-state index contributed by atoms with van der Waals surface area (Å²) in [5.74, 6) is 6.07. The van der Waals surface area contributed by atoms with Gasteiger partial charge in [-0.15, -0.1) is 0 Å². The number of methoxy groups -OCH3 is 1. The largest absolute Gasteiger partial charge is 0.380 e. The molecule has 92 valence electrons. The lowest BCUT2D eigenvalue weighted by Crippen LogP contribution is -2.47. The summed E-state index contributed by atoms with van der Waals surface area (Å²) in [5, 5.41) is 0. The third-order valence-electron chi connectivity index (χ3n) is 2.75. The molecule has 0 radical (unpaired) electrons. The van der Waals surface area contributed by atoms with Crippen LogP contribution in [0.25, 0.3) is 0 Å². The van der Waals surface area contributed by atoms with E-state index in [0.29, 0.717) is 11.3 Å². The van der Waals surface area contributed by atoms with Crippen molar-refractivity contribution in [3.8, 4) is 0 Å². The van der Waals surface area contributed by atoms with Gasteiger partial charge < -0.3 is 4.74 Å². The zero-order valence-electron chi connectivity index (χ0n) is 11.1. The summed E-state index contributed by atoms with van der Waals surface area (Å²) in [5.41, 5.74) is 3.23. The van der Waals surface area contributed by atoms with Crippen molar-refractivity contribution in [3.05, 3.63) is 0 Å². The van der Waals surface area contributed by atoms with Crippen molar-refractivity contribution in [2.45, 2.75) is 59.6 Å². The number of nitrogens with one attached hydrogen (secondary N) is 1. The summed E-state index contributed by atoms with van der Waals surface area (Å²) in [4.78, 5) is 0. The van der Waals surface area contributed by atoms with Crippen molar-refractivity contribution in [1.82, 2.24) is 5.43 Å². The maximum Gasteiger partial charge on any atom is 0.0760 e. The minimum Gasteiger partial charge on any atom is -0.380 e. The van der Waals surface area contributed by atoms with Crippen LogP contribution in [0.1, 0.15) is 47.5 Å². The highest BCUT2D eigenvalue weighted by molar-refractivity contribution is 4.79. The Balaban J connectivity index is 4.22. The van der Waals surface area contributed by atoms with Crippen LogP contribution in [-0.2, 0) is 4.74 Å². The molecule has 3 nitrogen and oxygen atoms in total. The lowest BCUT2D eigenvalue weighted by Gasteiger charge is -2.30. The molecule has 0 fully saturated rings. The molecule has 0 saturated carbocycles. The molecule has 3 heteroatoms. The van der Waals surface area contributed by atoms with Crippen molar-refractivity contribution in [3.63, 3.8) is 0 Å². The van der Waals surface area contributed by atoms with E-state index in [9.17, 15) is 0 Å². The molecule has 0 aromatic rings. The molecule has 0 aliphatic rings. The van der Waals surface area contributed by atoms with E-state index >= 15 is 0 Å². The zero-order valence-corrected chi connectivity index (χ0v) is 11.1. The van der Waals surface area contributed by atoms with Gasteiger partial charge in [-0.1, -0.05) is 34.6 Å². The van der Waals surface area contributed by atoms with E-state index in [2.05, 4.69) is 40.0 Å². The van der Waals surface area contributed by atoms with Crippen LogP contribution in [0.4, 0.5) is 0 Å². The highest BCUT2D eigenvalue weighted by Crippen LogP contribution is 2.24.